The molecule has 0 saturated heterocycles. The van der Waals surface area contributed by atoms with Crippen LogP contribution in [0.15, 0.2) is 75.9 Å². The van der Waals surface area contributed by atoms with E-state index in [1.165, 1.54) is 0 Å². The molecular formula is C28H29NO4. The molecular weight excluding hydrogens is 414 g/mol. The molecule has 5 heteroatoms. The van der Waals surface area contributed by atoms with E-state index in [2.05, 4.69) is 12.2 Å². The van der Waals surface area contributed by atoms with Gasteiger partial charge in [0, 0.05) is 29.6 Å². The molecule has 0 amide bonds. The number of anilines is 1. The standard InChI is InChI=1S/C28H29NO4/c1-3-4-16-32-22-12-10-21(11-13-22)29-18-25-26(30)15-14-23-19(2)24(28(31)33-27(23)25)17-20-8-6-5-7-9-20/h5-15,29-30H,3-4,16-18H2,1-2H3. The number of phenolic OH excluding ortho intramolecular Hbond substituents is 1. The lowest BCUT2D eigenvalue weighted by molar-refractivity contribution is 0.309. The molecule has 0 aliphatic heterocycles. The van der Waals surface area contributed by atoms with Gasteiger partial charge in [-0.1, -0.05) is 43.7 Å². The highest BCUT2D eigenvalue weighted by Gasteiger charge is 2.17. The number of fused-ring (bicyclic) bond motifs is 1. The van der Waals surface area contributed by atoms with Crippen LogP contribution in [0.25, 0.3) is 11.0 Å². The predicted molar refractivity (Wildman–Crippen MR) is 132 cm³/mol. The van der Waals surface area contributed by atoms with Gasteiger partial charge in [0.1, 0.15) is 17.1 Å². The summed E-state index contributed by atoms with van der Waals surface area (Å²) in [5.41, 5.74) is 4.05. The molecule has 1 heterocycles. The van der Waals surface area contributed by atoms with Crippen molar-refractivity contribution in [3.63, 3.8) is 0 Å². The van der Waals surface area contributed by atoms with Crippen molar-refractivity contribution in [2.45, 2.75) is 39.7 Å². The lowest BCUT2D eigenvalue weighted by atomic mass is 9.98. The van der Waals surface area contributed by atoms with Gasteiger partial charge >= 0.3 is 5.63 Å². The number of hydrogen-bond donors (Lipinski definition) is 2. The van der Waals surface area contributed by atoms with Crippen molar-refractivity contribution >= 4 is 16.7 Å². The number of unbranched alkanes of at least 4 members (excludes halogenated alkanes) is 1. The number of phenols is 1. The maximum atomic E-state index is 12.9. The minimum Gasteiger partial charge on any atom is -0.507 e. The summed E-state index contributed by atoms with van der Waals surface area (Å²) in [5, 5.41) is 14.6. The first-order chi connectivity index (χ1) is 16.1. The van der Waals surface area contributed by atoms with Gasteiger partial charge in [-0.15, -0.1) is 0 Å². The fourth-order valence-corrected chi connectivity index (χ4v) is 3.87. The average Bonchev–Trinajstić information content (AvgIpc) is 2.83. The van der Waals surface area contributed by atoms with Crippen molar-refractivity contribution in [2.24, 2.45) is 0 Å². The number of hydrogen-bond acceptors (Lipinski definition) is 5. The largest absolute Gasteiger partial charge is 0.507 e. The Hall–Kier alpha value is -3.73. The van der Waals surface area contributed by atoms with Gasteiger partial charge in [-0.2, -0.15) is 0 Å². The van der Waals surface area contributed by atoms with Crippen LogP contribution >= 0.6 is 0 Å². The average molecular weight is 444 g/mol. The van der Waals surface area contributed by atoms with E-state index in [1.54, 1.807) is 6.07 Å². The molecule has 0 bridgehead atoms. The monoisotopic (exact) mass is 443 g/mol. The summed E-state index contributed by atoms with van der Waals surface area (Å²) in [6.45, 7) is 5.09. The Balaban J connectivity index is 1.58. The fourth-order valence-electron chi connectivity index (χ4n) is 3.87. The first-order valence-corrected chi connectivity index (χ1v) is 11.3. The number of benzene rings is 3. The van der Waals surface area contributed by atoms with E-state index >= 15 is 0 Å². The lowest BCUT2D eigenvalue weighted by Crippen LogP contribution is -2.12. The maximum absolute atomic E-state index is 12.9. The van der Waals surface area contributed by atoms with Crippen molar-refractivity contribution < 1.29 is 14.3 Å². The van der Waals surface area contributed by atoms with Gasteiger partial charge in [-0.05, 0) is 60.9 Å². The van der Waals surface area contributed by atoms with E-state index in [4.69, 9.17) is 9.15 Å². The van der Waals surface area contributed by atoms with E-state index < -0.39 is 0 Å². The highest BCUT2D eigenvalue weighted by Crippen LogP contribution is 2.31. The highest BCUT2D eigenvalue weighted by atomic mass is 16.5. The molecule has 0 aliphatic rings. The summed E-state index contributed by atoms with van der Waals surface area (Å²) < 4.78 is 11.4. The minimum absolute atomic E-state index is 0.0906. The third kappa shape index (κ3) is 5.20. The molecule has 0 spiro atoms. The molecule has 4 aromatic rings. The molecule has 0 aliphatic carbocycles. The second kappa shape index (κ2) is 10.3. The van der Waals surface area contributed by atoms with Gasteiger partial charge < -0.3 is 19.6 Å². The topological polar surface area (TPSA) is 71.7 Å². The van der Waals surface area contributed by atoms with Crippen molar-refractivity contribution in [2.75, 3.05) is 11.9 Å². The van der Waals surface area contributed by atoms with Crippen molar-refractivity contribution in [1.82, 2.24) is 0 Å². The Kier molecular flexibility index (Phi) is 6.98. The Bertz CT molecular complexity index is 1280. The zero-order chi connectivity index (χ0) is 23.2. The van der Waals surface area contributed by atoms with Crippen LogP contribution in [0.5, 0.6) is 11.5 Å². The van der Waals surface area contributed by atoms with Crippen LogP contribution in [0.2, 0.25) is 0 Å². The van der Waals surface area contributed by atoms with Crippen LogP contribution in [0.3, 0.4) is 0 Å². The molecule has 0 radical (unpaired) electrons. The van der Waals surface area contributed by atoms with Gasteiger partial charge in [0.15, 0.2) is 0 Å². The van der Waals surface area contributed by atoms with Gasteiger partial charge in [0.05, 0.1) is 12.2 Å². The first kappa shape index (κ1) is 22.5. The van der Waals surface area contributed by atoms with E-state index in [0.29, 0.717) is 36.3 Å². The third-order valence-electron chi connectivity index (χ3n) is 5.85. The van der Waals surface area contributed by atoms with Gasteiger partial charge in [0.2, 0.25) is 0 Å². The van der Waals surface area contributed by atoms with Gasteiger partial charge in [-0.3, -0.25) is 0 Å². The van der Waals surface area contributed by atoms with Crippen molar-refractivity contribution in [1.29, 1.82) is 0 Å². The number of nitrogens with one attached hydrogen (secondary N) is 1. The molecule has 4 rings (SSSR count). The summed E-state index contributed by atoms with van der Waals surface area (Å²) in [6, 6.07) is 21.0. The van der Waals surface area contributed by atoms with Gasteiger partial charge in [0.25, 0.3) is 0 Å². The number of ether oxygens (including phenoxy) is 1. The maximum Gasteiger partial charge on any atom is 0.340 e. The molecule has 0 saturated carbocycles. The van der Waals surface area contributed by atoms with E-state index in [0.717, 1.165) is 40.8 Å². The molecule has 0 atom stereocenters. The van der Waals surface area contributed by atoms with Crippen LogP contribution in [-0.4, -0.2) is 11.7 Å². The van der Waals surface area contributed by atoms with Crippen molar-refractivity contribution in [3.05, 3.63) is 99.4 Å². The van der Waals surface area contributed by atoms with Crippen LogP contribution in [-0.2, 0) is 13.0 Å². The van der Waals surface area contributed by atoms with Crippen LogP contribution in [0.4, 0.5) is 5.69 Å². The summed E-state index contributed by atoms with van der Waals surface area (Å²) in [5.74, 6) is 0.919. The summed E-state index contributed by atoms with van der Waals surface area (Å²) in [6.07, 6.45) is 2.63. The zero-order valence-corrected chi connectivity index (χ0v) is 19.1. The Morgan fingerprint density at radius 1 is 0.970 bits per heavy atom. The summed E-state index contributed by atoms with van der Waals surface area (Å²) in [7, 11) is 0. The Morgan fingerprint density at radius 3 is 2.45 bits per heavy atom. The Labute approximate surface area is 193 Å². The second-order valence-corrected chi connectivity index (χ2v) is 8.18. The highest BCUT2D eigenvalue weighted by molar-refractivity contribution is 5.86. The van der Waals surface area contributed by atoms with E-state index in [-0.39, 0.29) is 11.4 Å². The zero-order valence-electron chi connectivity index (χ0n) is 19.1. The smallest absolute Gasteiger partial charge is 0.340 e. The molecule has 0 unspecified atom stereocenters. The quantitative estimate of drug-likeness (QED) is 0.238. The molecule has 3 aromatic carbocycles. The van der Waals surface area contributed by atoms with Crippen LogP contribution < -0.4 is 15.7 Å². The normalized spacial score (nSPS) is 11.0. The van der Waals surface area contributed by atoms with Crippen molar-refractivity contribution in [3.8, 4) is 11.5 Å². The predicted octanol–water partition coefficient (Wildman–Crippen LogP) is 6.19. The van der Waals surface area contributed by atoms with E-state index in [1.807, 2.05) is 67.6 Å². The minimum atomic E-state index is -0.371. The molecule has 170 valence electrons. The fraction of sp³-hybridized carbons (Fsp3) is 0.250. The molecule has 1 aromatic heterocycles. The lowest BCUT2D eigenvalue weighted by Gasteiger charge is -2.14. The molecule has 33 heavy (non-hydrogen) atoms. The number of aryl methyl sites for hydroxylation is 1. The second-order valence-electron chi connectivity index (χ2n) is 8.18. The SMILES string of the molecule is CCCCOc1ccc(NCc2c(O)ccc3c(C)c(Cc4ccccc4)c(=O)oc23)cc1. The molecule has 0 fully saturated rings. The molecule has 5 nitrogen and oxygen atoms in total. The van der Waals surface area contributed by atoms with E-state index in [9.17, 15) is 9.90 Å². The van der Waals surface area contributed by atoms with Crippen LogP contribution in [0.1, 0.15) is 42.0 Å². The first-order valence-electron chi connectivity index (χ1n) is 11.3. The van der Waals surface area contributed by atoms with Crippen LogP contribution in [0, 0.1) is 6.92 Å². The summed E-state index contributed by atoms with van der Waals surface area (Å²) in [4.78, 5) is 12.9. The molecule has 2 N–H and O–H groups in total. The number of aromatic hydroxyl groups is 1. The third-order valence-corrected chi connectivity index (χ3v) is 5.85. The Morgan fingerprint density at radius 2 is 1.73 bits per heavy atom. The number of rotatable bonds is 9. The van der Waals surface area contributed by atoms with Gasteiger partial charge in [-0.25, -0.2) is 4.79 Å². The summed E-state index contributed by atoms with van der Waals surface area (Å²) >= 11 is 0.